The van der Waals surface area contributed by atoms with Gasteiger partial charge in [0.05, 0.1) is 7.11 Å². The fourth-order valence-corrected chi connectivity index (χ4v) is 2.31. The van der Waals surface area contributed by atoms with Crippen LogP contribution in [-0.2, 0) is 6.42 Å². The molecule has 0 radical (unpaired) electrons. The van der Waals surface area contributed by atoms with Gasteiger partial charge in [-0.3, -0.25) is 0 Å². The Balaban J connectivity index is 2.17. The first-order chi connectivity index (χ1) is 7.31. The molecule has 1 atom stereocenters. The van der Waals surface area contributed by atoms with Crippen LogP contribution < -0.4 is 10.1 Å². The summed E-state index contributed by atoms with van der Waals surface area (Å²) in [5, 5.41) is 3.53. The zero-order valence-corrected chi connectivity index (χ0v) is 9.55. The number of hydrogen-bond acceptors (Lipinski definition) is 2. The highest BCUT2D eigenvalue weighted by atomic mass is 16.5. The third-order valence-electron chi connectivity index (χ3n) is 3.20. The molecule has 1 aromatic rings. The summed E-state index contributed by atoms with van der Waals surface area (Å²) in [4.78, 5) is 0. The number of ether oxygens (including phenoxy) is 1. The highest BCUT2D eigenvalue weighted by molar-refractivity contribution is 5.40. The standard InChI is InChI=1S/C13H19NO/c1-10-5-3-7-13(15-2)12(10)9-11-6-4-8-14-11/h3,5,7,11,14H,4,6,8-9H2,1-2H3. The maximum Gasteiger partial charge on any atom is 0.122 e. The van der Waals surface area contributed by atoms with Gasteiger partial charge in [0.15, 0.2) is 0 Å². The van der Waals surface area contributed by atoms with Crippen LogP contribution >= 0.6 is 0 Å². The van der Waals surface area contributed by atoms with Crippen molar-refractivity contribution in [1.82, 2.24) is 5.32 Å². The quantitative estimate of drug-likeness (QED) is 0.817. The van der Waals surface area contributed by atoms with Gasteiger partial charge in [-0.25, -0.2) is 0 Å². The predicted molar refractivity (Wildman–Crippen MR) is 62.5 cm³/mol. The maximum absolute atomic E-state index is 5.41. The number of aryl methyl sites for hydroxylation is 1. The van der Waals surface area contributed by atoms with Crippen LogP contribution in [0.15, 0.2) is 18.2 Å². The summed E-state index contributed by atoms with van der Waals surface area (Å²) in [5.74, 6) is 1.03. The van der Waals surface area contributed by atoms with Crippen molar-refractivity contribution >= 4 is 0 Å². The Morgan fingerprint density at radius 2 is 2.33 bits per heavy atom. The zero-order valence-electron chi connectivity index (χ0n) is 9.55. The molecule has 0 saturated carbocycles. The second-order valence-electron chi connectivity index (χ2n) is 4.25. The Morgan fingerprint density at radius 1 is 1.47 bits per heavy atom. The van der Waals surface area contributed by atoms with Gasteiger partial charge in [0.25, 0.3) is 0 Å². The van der Waals surface area contributed by atoms with Gasteiger partial charge in [-0.1, -0.05) is 12.1 Å². The third kappa shape index (κ3) is 2.32. The molecule has 1 fully saturated rings. The van der Waals surface area contributed by atoms with Gasteiger partial charge in [-0.15, -0.1) is 0 Å². The zero-order chi connectivity index (χ0) is 10.7. The SMILES string of the molecule is COc1cccc(C)c1CC1CCCN1. The summed E-state index contributed by atoms with van der Waals surface area (Å²) < 4.78 is 5.41. The minimum atomic E-state index is 0.639. The van der Waals surface area contributed by atoms with E-state index >= 15 is 0 Å². The highest BCUT2D eigenvalue weighted by Crippen LogP contribution is 2.24. The van der Waals surface area contributed by atoms with Crippen molar-refractivity contribution in [3.63, 3.8) is 0 Å². The molecule has 0 amide bonds. The fourth-order valence-electron chi connectivity index (χ4n) is 2.31. The average molecular weight is 205 g/mol. The van der Waals surface area contributed by atoms with Gasteiger partial charge < -0.3 is 10.1 Å². The van der Waals surface area contributed by atoms with Crippen LogP contribution in [0, 0.1) is 6.92 Å². The van der Waals surface area contributed by atoms with Crippen LogP contribution in [0.4, 0.5) is 0 Å². The van der Waals surface area contributed by atoms with Crippen molar-refractivity contribution in [2.75, 3.05) is 13.7 Å². The van der Waals surface area contributed by atoms with Crippen molar-refractivity contribution < 1.29 is 4.74 Å². The topological polar surface area (TPSA) is 21.3 Å². The number of nitrogens with one attached hydrogen (secondary N) is 1. The summed E-state index contributed by atoms with van der Waals surface area (Å²) in [6.07, 6.45) is 3.69. The molecule has 2 nitrogen and oxygen atoms in total. The lowest BCUT2D eigenvalue weighted by Gasteiger charge is -2.15. The minimum Gasteiger partial charge on any atom is -0.496 e. The molecule has 1 aliphatic rings. The summed E-state index contributed by atoms with van der Waals surface area (Å²) in [5.41, 5.74) is 2.70. The van der Waals surface area contributed by atoms with E-state index in [1.54, 1.807) is 7.11 Å². The van der Waals surface area contributed by atoms with E-state index in [9.17, 15) is 0 Å². The van der Waals surface area contributed by atoms with Crippen LogP contribution in [-0.4, -0.2) is 19.7 Å². The van der Waals surface area contributed by atoms with E-state index < -0.39 is 0 Å². The lowest BCUT2D eigenvalue weighted by Crippen LogP contribution is -2.24. The van der Waals surface area contributed by atoms with Gasteiger partial charge in [-0.05, 0) is 49.9 Å². The molecule has 1 N–H and O–H groups in total. The molecule has 15 heavy (non-hydrogen) atoms. The molecular weight excluding hydrogens is 186 g/mol. The van der Waals surface area contributed by atoms with Crippen LogP contribution in [0.1, 0.15) is 24.0 Å². The van der Waals surface area contributed by atoms with Gasteiger partial charge >= 0.3 is 0 Å². The van der Waals surface area contributed by atoms with Crippen LogP contribution in [0.5, 0.6) is 5.75 Å². The minimum absolute atomic E-state index is 0.639. The molecule has 0 aromatic heterocycles. The molecular formula is C13H19NO. The van der Waals surface area contributed by atoms with Gasteiger partial charge in [0, 0.05) is 6.04 Å². The molecule has 2 rings (SSSR count). The second-order valence-corrected chi connectivity index (χ2v) is 4.25. The first kappa shape index (κ1) is 10.5. The number of rotatable bonds is 3. The highest BCUT2D eigenvalue weighted by Gasteiger charge is 2.17. The van der Waals surface area contributed by atoms with Gasteiger partial charge in [0.2, 0.25) is 0 Å². The first-order valence-electron chi connectivity index (χ1n) is 5.67. The number of methoxy groups -OCH3 is 1. The van der Waals surface area contributed by atoms with E-state index in [1.807, 2.05) is 0 Å². The molecule has 1 aliphatic heterocycles. The van der Waals surface area contributed by atoms with Crippen molar-refractivity contribution in [1.29, 1.82) is 0 Å². The lowest BCUT2D eigenvalue weighted by molar-refractivity contribution is 0.406. The van der Waals surface area contributed by atoms with Crippen molar-refractivity contribution in [2.45, 2.75) is 32.2 Å². The Hall–Kier alpha value is -1.02. The molecule has 1 saturated heterocycles. The van der Waals surface area contributed by atoms with E-state index in [2.05, 4.69) is 30.4 Å². The normalized spacial score (nSPS) is 20.5. The van der Waals surface area contributed by atoms with Gasteiger partial charge in [-0.2, -0.15) is 0 Å². The van der Waals surface area contributed by atoms with Crippen molar-refractivity contribution in [3.05, 3.63) is 29.3 Å². The lowest BCUT2D eigenvalue weighted by atomic mass is 9.99. The van der Waals surface area contributed by atoms with Crippen LogP contribution in [0.2, 0.25) is 0 Å². The molecule has 1 heterocycles. The van der Waals surface area contributed by atoms with Crippen molar-refractivity contribution in [3.8, 4) is 5.75 Å². The average Bonchev–Trinajstić information content (AvgIpc) is 2.74. The largest absolute Gasteiger partial charge is 0.496 e. The summed E-state index contributed by atoms with van der Waals surface area (Å²) in [7, 11) is 1.75. The third-order valence-corrected chi connectivity index (χ3v) is 3.20. The summed E-state index contributed by atoms with van der Waals surface area (Å²) in [6.45, 7) is 3.33. The smallest absolute Gasteiger partial charge is 0.122 e. The molecule has 1 unspecified atom stereocenters. The maximum atomic E-state index is 5.41. The molecule has 0 spiro atoms. The first-order valence-corrected chi connectivity index (χ1v) is 5.67. The Morgan fingerprint density at radius 3 is 3.00 bits per heavy atom. The van der Waals surface area contributed by atoms with Crippen LogP contribution in [0.25, 0.3) is 0 Å². The Bertz CT molecular complexity index is 329. The van der Waals surface area contributed by atoms with Crippen molar-refractivity contribution in [2.24, 2.45) is 0 Å². The molecule has 0 aliphatic carbocycles. The second kappa shape index (κ2) is 4.67. The predicted octanol–water partition coefficient (Wildman–Crippen LogP) is 2.30. The van der Waals surface area contributed by atoms with E-state index in [0.29, 0.717) is 6.04 Å². The molecule has 82 valence electrons. The van der Waals surface area contributed by atoms with E-state index in [-0.39, 0.29) is 0 Å². The van der Waals surface area contributed by atoms with Crippen LogP contribution in [0.3, 0.4) is 0 Å². The molecule has 2 heteroatoms. The Labute approximate surface area is 91.6 Å². The fraction of sp³-hybridized carbons (Fsp3) is 0.538. The summed E-state index contributed by atoms with van der Waals surface area (Å²) >= 11 is 0. The molecule has 1 aromatic carbocycles. The Kier molecular flexibility index (Phi) is 3.27. The number of hydrogen-bond donors (Lipinski definition) is 1. The summed E-state index contributed by atoms with van der Waals surface area (Å²) in [6, 6.07) is 6.91. The van der Waals surface area contributed by atoms with Gasteiger partial charge in [0.1, 0.15) is 5.75 Å². The van der Waals surface area contributed by atoms with E-state index in [1.165, 1.54) is 30.5 Å². The van der Waals surface area contributed by atoms with E-state index in [0.717, 1.165) is 12.2 Å². The van der Waals surface area contributed by atoms with E-state index in [4.69, 9.17) is 4.74 Å². The number of benzene rings is 1. The molecule has 0 bridgehead atoms. The monoisotopic (exact) mass is 205 g/mol.